The van der Waals surface area contributed by atoms with Gasteiger partial charge in [0.2, 0.25) is 0 Å². The molecule has 0 spiro atoms. The zero-order valence-electron chi connectivity index (χ0n) is 13.3. The Hall–Kier alpha value is -0.450. The molecule has 0 amide bonds. The molecule has 1 fully saturated rings. The molecule has 1 aliphatic rings. The number of hydrogen-bond acceptors (Lipinski definition) is 4. The summed E-state index contributed by atoms with van der Waals surface area (Å²) in [6.07, 6.45) is 9.79. The zero-order chi connectivity index (χ0) is 14.8. The van der Waals surface area contributed by atoms with Gasteiger partial charge >= 0.3 is 0 Å². The second kappa shape index (κ2) is 10.3. The Bertz CT molecular complexity index is 270. The highest BCUT2D eigenvalue weighted by molar-refractivity contribution is 5.81. The Morgan fingerprint density at radius 1 is 1.20 bits per heavy atom. The smallest absolute Gasteiger partial charge is 0.119 e. The minimum atomic E-state index is -0.386. The van der Waals surface area contributed by atoms with Crippen LogP contribution in [-0.4, -0.2) is 48.1 Å². The molecule has 4 nitrogen and oxygen atoms in total. The van der Waals surface area contributed by atoms with Crippen molar-refractivity contribution >= 4 is 5.71 Å². The molecule has 1 aliphatic carbocycles. The highest BCUT2D eigenvalue weighted by Crippen LogP contribution is 2.19. The van der Waals surface area contributed by atoms with Crippen LogP contribution in [0, 0.1) is 5.41 Å². The molecular weight excluding hydrogens is 250 g/mol. The molecule has 0 aromatic carbocycles. The topological polar surface area (TPSA) is 59.4 Å². The van der Waals surface area contributed by atoms with E-state index in [1.165, 1.54) is 25.7 Å². The summed E-state index contributed by atoms with van der Waals surface area (Å²) in [5.41, 5.74) is 0.934. The van der Waals surface area contributed by atoms with Crippen molar-refractivity contribution in [1.82, 2.24) is 10.2 Å². The van der Waals surface area contributed by atoms with Gasteiger partial charge in [0.25, 0.3) is 0 Å². The van der Waals surface area contributed by atoms with E-state index in [2.05, 4.69) is 17.1 Å². The van der Waals surface area contributed by atoms with Crippen LogP contribution in [0.4, 0.5) is 0 Å². The van der Waals surface area contributed by atoms with Crippen molar-refractivity contribution in [2.45, 2.75) is 77.0 Å². The van der Waals surface area contributed by atoms with Crippen LogP contribution in [-0.2, 0) is 0 Å². The molecule has 3 N–H and O–H groups in total. The summed E-state index contributed by atoms with van der Waals surface area (Å²) in [5, 5.41) is 21.3. The van der Waals surface area contributed by atoms with Gasteiger partial charge in [-0.3, -0.25) is 4.90 Å². The first-order valence-electron chi connectivity index (χ1n) is 8.32. The van der Waals surface area contributed by atoms with Gasteiger partial charge in [0.15, 0.2) is 0 Å². The fraction of sp³-hybridized carbons (Fsp3) is 0.938. The standard InChI is InChI=1S/C16H33N3O/c1-3-18-13-16(20)19(2)15-11-6-4-5-9-14(17)10-7-8-12-15/h15-18,20H,3-13H2,1-2H3. The van der Waals surface area contributed by atoms with Crippen molar-refractivity contribution in [2.24, 2.45) is 0 Å². The second-order valence-corrected chi connectivity index (χ2v) is 6.06. The Kier molecular flexibility index (Phi) is 9.07. The van der Waals surface area contributed by atoms with E-state index >= 15 is 0 Å². The number of nitrogens with one attached hydrogen (secondary N) is 2. The van der Waals surface area contributed by atoms with Crippen molar-refractivity contribution in [3.05, 3.63) is 0 Å². The number of nitrogens with zero attached hydrogens (tertiary/aromatic N) is 1. The number of aliphatic hydroxyl groups excluding tert-OH is 1. The van der Waals surface area contributed by atoms with Gasteiger partial charge in [-0.25, -0.2) is 0 Å². The van der Waals surface area contributed by atoms with Crippen LogP contribution in [0.15, 0.2) is 0 Å². The van der Waals surface area contributed by atoms with E-state index in [0.717, 1.165) is 44.4 Å². The maximum atomic E-state index is 10.2. The highest BCUT2D eigenvalue weighted by atomic mass is 16.3. The maximum Gasteiger partial charge on any atom is 0.119 e. The molecule has 4 heteroatoms. The van der Waals surface area contributed by atoms with Crippen molar-refractivity contribution in [3.8, 4) is 0 Å². The van der Waals surface area contributed by atoms with Crippen LogP contribution < -0.4 is 5.32 Å². The lowest BCUT2D eigenvalue weighted by Crippen LogP contribution is -2.45. The molecule has 118 valence electrons. The SMILES string of the molecule is CCNCC(O)N(C)C1CCCCCC(=N)CCCC1. The number of likely N-dealkylation sites (N-methyl/N-ethyl adjacent to an activating group) is 2. The van der Waals surface area contributed by atoms with Gasteiger partial charge in [0.05, 0.1) is 0 Å². The number of aliphatic hydroxyl groups is 1. The summed E-state index contributed by atoms with van der Waals surface area (Å²) in [4.78, 5) is 2.14. The van der Waals surface area contributed by atoms with Gasteiger partial charge in [-0.05, 0) is 52.1 Å². The summed E-state index contributed by atoms with van der Waals surface area (Å²) in [6.45, 7) is 3.61. The number of rotatable bonds is 5. The summed E-state index contributed by atoms with van der Waals surface area (Å²) in [6, 6.07) is 0.482. The Morgan fingerprint density at radius 2 is 1.80 bits per heavy atom. The Balaban J connectivity index is 2.45. The molecule has 0 aliphatic heterocycles. The van der Waals surface area contributed by atoms with Crippen molar-refractivity contribution in [2.75, 3.05) is 20.1 Å². The molecule has 2 unspecified atom stereocenters. The summed E-state index contributed by atoms with van der Waals surface area (Å²) >= 11 is 0. The molecule has 0 bridgehead atoms. The lowest BCUT2D eigenvalue weighted by molar-refractivity contribution is -0.0101. The predicted molar refractivity (Wildman–Crippen MR) is 85.4 cm³/mol. The zero-order valence-corrected chi connectivity index (χ0v) is 13.3. The van der Waals surface area contributed by atoms with Crippen LogP contribution in [0.3, 0.4) is 0 Å². The quantitative estimate of drug-likeness (QED) is 0.680. The molecule has 1 saturated carbocycles. The first kappa shape index (κ1) is 17.6. The number of hydrogen-bond donors (Lipinski definition) is 3. The van der Waals surface area contributed by atoms with E-state index in [-0.39, 0.29) is 6.23 Å². The molecule has 0 radical (unpaired) electrons. The predicted octanol–water partition coefficient (Wildman–Crippen LogP) is 2.76. The van der Waals surface area contributed by atoms with Crippen molar-refractivity contribution in [3.63, 3.8) is 0 Å². The first-order valence-corrected chi connectivity index (χ1v) is 8.32. The molecule has 20 heavy (non-hydrogen) atoms. The second-order valence-electron chi connectivity index (χ2n) is 6.06. The van der Waals surface area contributed by atoms with Crippen molar-refractivity contribution in [1.29, 1.82) is 5.41 Å². The van der Waals surface area contributed by atoms with E-state index in [9.17, 15) is 5.11 Å². The highest BCUT2D eigenvalue weighted by Gasteiger charge is 2.20. The van der Waals surface area contributed by atoms with Gasteiger partial charge < -0.3 is 15.8 Å². The Morgan fingerprint density at radius 3 is 2.45 bits per heavy atom. The lowest BCUT2D eigenvalue weighted by atomic mass is 10.0. The van der Waals surface area contributed by atoms with E-state index in [4.69, 9.17) is 5.41 Å². The van der Waals surface area contributed by atoms with Gasteiger partial charge in [-0.2, -0.15) is 0 Å². The lowest BCUT2D eigenvalue weighted by Gasteiger charge is -2.32. The Labute approximate surface area is 124 Å². The average Bonchev–Trinajstić information content (AvgIpc) is 2.49. The van der Waals surface area contributed by atoms with Crippen LogP contribution in [0.1, 0.15) is 64.7 Å². The van der Waals surface area contributed by atoms with E-state index in [0.29, 0.717) is 12.6 Å². The van der Waals surface area contributed by atoms with Gasteiger partial charge in [-0.15, -0.1) is 0 Å². The maximum absolute atomic E-state index is 10.2. The van der Waals surface area contributed by atoms with Crippen molar-refractivity contribution < 1.29 is 5.11 Å². The largest absolute Gasteiger partial charge is 0.377 e. The van der Waals surface area contributed by atoms with E-state index < -0.39 is 0 Å². The van der Waals surface area contributed by atoms with Crippen LogP contribution in [0.2, 0.25) is 0 Å². The molecule has 0 saturated heterocycles. The fourth-order valence-corrected chi connectivity index (χ4v) is 2.95. The molecule has 1 rings (SSSR count). The van der Waals surface area contributed by atoms with Crippen LogP contribution in [0.25, 0.3) is 0 Å². The van der Waals surface area contributed by atoms with Gasteiger partial charge in [0.1, 0.15) is 6.23 Å². The van der Waals surface area contributed by atoms with Crippen LogP contribution >= 0.6 is 0 Å². The van der Waals surface area contributed by atoms with E-state index in [1.54, 1.807) is 0 Å². The molecule has 2 atom stereocenters. The molecule has 0 aromatic rings. The average molecular weight is 283 g/mol. The third-order valence-corrected chi connectivity index (χ3v) is 4.40. The van der Waals surface area contributed by atoms with Gasteiger partial charge in [-0.1, -0.05) is 26.2 Å². The first-order chi connectivity index (χ1) is 9.65. The summed E-state index contributed by atoms with van der Waals surface area (Å²) in [7, 11) is 2.05. The minimum Gasteiger partial charge on any atom is -0.377 e. The molecule has 0 aromatic heterocycles. The fourth-order valence-electron chi connectivity index (χ4n) is 2.95. The van der Waals surface area contributed by atoms with Gasteiger partial charge in [0, 0.05) is 18.3 Å². The van der Waals surface area contributed by atoms with E-state index in [1.807, 2.05) is 7.05 Å². The monoisotopic (exact) mass is 283 g/mol. The summed E-state index contributed by atoms with van der Waals surface area (Å²) in [5.74, 6) is 0. The normalized spacial score (nSPS) is 24.4. The van der Waals surface area contributed by atoms with Crippen LogP contribution in [0.5, 0.6) is 0 Å². The molecular formula is C16H33N3O. The third-order valence-electron chi connectivity index (χ3n) is 4.40. The third kappa shape index (κ3) is 6.82. The molecule has 0 heterocycles. The minimum absolute atomic E-state index is 0.386. The summed E-state index contributed by atoms with van der Waals surface area (Å²) < 4.78 is 0.